The molecule has 77 heavy (non-hydrogen) atoms. The van der Waals surface area contributed by atoms with Crippen molar-refractivity contribution in [1.82, 2.24) is 0 Å². The number of hydrogen-bond donors (Lipinski definition) is 0. The van der Waals surface area contributed by atoms with Gasteiger partial charge in [-0.3, -0.25) is 14.4 Å². The first-order valence-electron chi connectivity index (χ1n) is 35.5. The fraction of sp³-hybridized carbons (Fsp3) is 0.958. The van der Waals surface area contributed by atoms with Crippen molar-refractivity contribution < 1.29 is 28.6 Å². The van der Waals surface area contributed by atoms with E-state index in [4.69, 9.17) is 14.2 Å². The van der Waals surface area contributed by atoms with Crippen LogP contribution in [0.5, 0.6) is 0 Å². The van der Waals surface area contributed by atoms with Crippen LogP contribution < -0.4 is 0 Å². The van der Waals surface area contributed by atoms with Crippen LogP contribution in [0.25, 0.3) is 0 Å². The molecule has 0 aliphatic rings. The Labute approximate surface area is 482 Å². The van der Waals surface area contributed by atoms with E-state index in [9.17, 15) is 14.4 Å². The molecule has 0 saturated heterocycles. The zero-order valence-corrected chi connectivity index (χ0v) is 52.8. The molecule has 0 aromatic heterocycles. The highest BCUT2D eigenvalue weighted by molar-refractivity contribution is 5.71. The Kier molecular flexibility index (Phi) is 65.5. The van der Waals surface area contributed by atoms with Crippen LogP contribution in [0.1, 0.15) is 419 Å². The summed E-state index contributed by atoms with van der Waals surface area (Å²) in [5.74, 6) is -0.842. The van der Waals surface area contributed by atoms with Crippen molar-refractivity contribution in [1.29, 1.82) is 0 Å². The van der Waals surface area contributed by atoms with E-state index in [0.29, 0.717) is 19.3 Å². The Morgan fingerprint density at radius 2 is 0.351 bits per heavy atom. The molecule has 458 valence electrons. The van der Waals surface area contributed by atoms with Crippen LogP contribution in [-0.4, -0.2) is 37.2 Å². The molecule has 1 atom stereocenters. The minimum atomic E-state index is -0.761. The number of rotatable bonds is 67. The van der Waals surface area contributed by atoms with Crippen molar-refractivity contribution in [3.05, 3.63) is 0 Å². The molecule has 0 amide bonds. The molecule has 0 aromatic carbocycles. The van der Waals surface area contributed by atoms with Crippen LogP contribution in [0.4, 0.5) is 0 Å². The van der Waals surface area contributed by atoms with Crippen molar-refractivity contribution in [2.24, 2.45) is 0 Å². The van der Waals surface area contributed by atoms with Gasteiger partial charge in [0.25, 0.3) is 0 Å². The quantitative estimate of drug-likeness (QED) is 0.0343. The molecule has 0 N–H and O–H groups in total. The lowest BCUT2D eigenvalue weighted by atomic mass is 10.0. The van der Waals surface area contributed by atoms with Crippen LogP contribution in [0.2, 0.25) is 0 Å². The van der Waals surface area contributed by atoms with Gasteiger partial charge in [-0.2, -0.15) is 0 Å². The van der Waals surface area contributed by atoms with Crippen LogP contribution in [0.3, 0.4) is 0 Å². The lowest BCUT2D eigenvalue weighted by Crippen LogP contribution is -2.30. The Bertz CT molecular complexity index is 1160. The smallest absolute Gasteiger partial charge is 0.306 e. The van der Waals surface area contributed by atoms with E-state index in [0.717, 1.165) is 64.2 Å². The van der Waals surface area contributed by atoms with Crippen molar-refractivity contribution >= 4 is 17.9 Å². The third-order valence-corrected chi connectivity index (χ3v) is 16.6. The fourth-order valence-corrected chi connectivity index (χ4v) is 11.3. The van der Waals surface area contributed by atoms with E-state index in [1.54, 1.807) is 0 Å². The summed E-state index contributed by atoms with van der Waals surface area (Å²) in [6.45, 7) is 6.65. The van der Waals surface area contributed by atoms with E-state index in [1.807, 2.05) is 0 Å². The summed E-state index contributed by atoms with van der Waals surface area (Å²) < 4.78 is 16.8. The predicted octanol–water partition coefficient (Wildman–Crippen LogP) is 24.2. The van der Waals surface area contributed by atoms with Gasteiger partial charge in [-0.1, -0.05) is 380 Å². The first-order chi connectivity index (χ1) is 38.0. The molecular weight excluding hydrogens is 949 g/mol. The minimum Gasteiger partial charge on any atom is -0.462 e. The number of unbranched alkanes of at least 4 members (excludes halogenated alkanes) is 56. The fourth-order valence-electron chi connectivity index (χ4n) is 11.3. The van der Waals surface area contributed by atoms with Gasteiger partial charge in [-0.25, -0.2) is 0 Å². The molecule has 0 aromatic rings. The molecule has 0 aliphatic carbocycles. The standard InChI is InChI=1S/C71H138O6/c1-4-7-10-13-15-17-19-21-23-25-27-29-31-33-34-35-36-38-39-41-43-45-47-49-51-53-55-58-61-64-70(73)76-67-68(66-75-69(72)63-60-57-12-9-6-3)77-71(74)65-62-59-56-54-52-50-48-46-44-42-40-37-32-30-28-26-24-22-20-18-16-14-11-8-5-2/h68H,4-67H2,1-3H3. The highest BCUT2D eigenvalue weighted by atomic mass is 16.6. The number of ether oxygens (including phenoxy) is 3. The van der Waals surface area contributed by atoms with Gasteiger partial charge < -0.3 is 14.2 Å². The lowest BCUT2D eigenvalue weighted by molar-refractivity contribution is -0.167. The van der Waals surface area contributed by atoms with Crippen LogP contribution in [0.15, 0.2) is 0 Å². The summed E-state index contributed by atoms with van der Waals surface area (Å²) in [5, 5.41) is 0. The number of hydrogen-bond acceptors (Lipinski definition) is 6. The van der Waals surface area contributed by atoms with Gasteiger partial charge in [0.15, 0.2) is 6.10 Å². The van der Waals surface area contributed by atoms with Gasteiger partial charge in [0.1, 0.15) is 13.2 Å². The van der Waals surface area contributed by atoms with Gasteiger partial charge in [0.05, 0.1) is 0 Å². The Morgan fingerprint density at radius 1 is 0.208 bits per heavy atom. The SMILES string of the molecule is CCCCCCCCCCCCCCCCCCCCCCCCCCCCCCCC(=O)OCC(COC(=O)CCCCCCC)OC(=O)CCCCCCCCCCCCCCCCCCCCCCCCCCC. The maximum Gasteiger partial charge on any atom is 0.306 e. The molecule has 1 unspecified atom stereocenters. The third kappa shape index (κ3) is 65.1. The number of carbonyl (C=O) groups excluding carboxylic acids is 3. The molecular formula is C71H138O6. The molecule has 0 radical (unpaired) electrons. The van der Waals surface area contributed by atoms with Gasteiger partial charge in [0.2, 0.25) is 0 Å². The summed E-state index contributed by atoms with van der Waals surface area (Å²) in [6.07, 6.45) is 79.2. The molecule has 6 heteroatoms. The molecule has 0 spiro atoms. The summed E-state index contributed by atoms with van der Waals surface area (Å²) in [5.41, 5.74) is 0. The Balaban J connectivity index is 3.89. The molecule has 6 nitrogen and oxygen atoms in total. The summed E-state index contributed by atoms with van der Waals surface area (Å²) in [4.78, 5) is 38.0. The molecule has 0 bridgehead atoms. The van der Waals surface area contributed by atoms with Crippen LogP contribution in [-0.2, 0) is 28.6 Å². The second-order valence-electron chi connectivity index (χ2n) is 24.5. The van der Waals surface area contributed by atoms with Crippen molar-refractivity contribution in [2.45, 2.75) is 425 Å². The maximum atomic E-state index is 12.9. The zero-order valence-electron chi connectivity index (χ0n) is 52.8. The average Bonchev–Trinajstić information content (AvgIpc) is 3.43. The van der Waals surface area contributed by atoms with Crippen LogP contribution >= 0.6 is 0 Å². The Morgan fingerprint density at radius 3 is 0.519 bits per heavy atom. The van der Waals surface area contributed by atoms with Crippen molar-refractivity contribution in [3.63, 3.8) is 0 Å². The van der Waals surface area contributed by atoms with E-state index < -0.39 is 6.10 Å². The van der Waals surface area contributed by atoms with Gasteiger partial charge >= 0.3 is 17.9 Å². The number of esters is 3. The van der Waals surface area contributed by atoms with E-state index >= 15 is 0 Å². The number of carbonyl (C=O) groups is 3. The average molecular weight is 1090 g/mol. The second-order valence-corrected chi connectivity index (χ2v) is 24.5. The maximum absolute atomic E-state index is 12.9. The van der Waals surface area contributed by atoms with Crippen molar-refractivity contribution in [3.8, 4) is 0 Å². The third-order valence-electron chi connectivity index (χ3n) is 16.6. The molecule has 0 fully saturated rings. The highest BCUT2D eigenvalue weighted by Crippen LogP contribution is 2.20. The second kappa shape index (κ2) is 66.9. The van der Waals surface area contributed by atoms with Crippen LogP contribution in [0, 0.1) is 0 Å². The molecule has 0 saturated carbocycles. The summed E-state index contributed by atoms with van der Waals surface area (Å²) in [7, 11) is 0. The predicted molar refractivity (Wildman–Crippen MR) is 335 cm³/mol. The Hall–Kier alpha value is -1.59. The summed E-state index contributed by atoms with van der Waals surface area (Å²) >= 11 is 0. The largest absolute Gasteiger partial charge is 0.462 e. The van der Waals surface area contributed by atoms with Gasteiger partial charge in [0, 0.05) is 19.3 Å². The first kappa shape index (κ1) is 75.4. The van der Waals surface area contributed by atoms with E-state index in [-0.39, 0.29) is 31.1 Å². The lowest BCUT2D eigenvalue weighted by Gasteiger charge is -2.18. The highest BCUT2D eigenvalue weighted by Gasteiger charge is 2.19. The van der Waals surface area contributed by atoms with Crippen molar-refractivity contribution in [2.75, 3.05) is 13.2 Å². The van der Waals surface area contributed by atoms with Gasteiger partial charge in [-0.05, 0) is 19.3 Å². The summed E-state index contributed by atoms with van der Waals surface area (Å²) in [6, 6.07) is 0. The molecule has 0 rings (SSSR count). The monoisotopic (exact) mass is 1090 g/mol. The normalized spacial score (nSPS) is 11.9. The first-order valence-corrected chi connectivity index (χ1v) is 35.5. The van der Waals surface area contributed by atoms with E-state index in [2.05, 4.69) is 20.8 Å². The zero-order chi connectivity index (χ0) is 55.7. The molecule has 0 aliphatic heterocycles. The van der Waals surface area contributed by atoms with E-state index in [1.165, 1.54) is 315 Å². The topological polar surface area (TPSA) is 78.9 Å². The van der Waals surface area contributed by atoms with Gasteiger partial charge in [-0.15, -0.1) is 0 Å². The molecule has 0 heterocycles. The minimum absolute atomic E-state index is 0.0621.